The maximum atomic E-state index is 12.8. The zero-order valence-electron chi connectivity index (χ0n) is 17.0. The first-order chi connectivity index (χ1) is 13.9. The summed E-state index contributed by atoms with van der Waals surface area (Å²) in [4.78, 5) is 12.6. The van der Waals surface area contributed by atoms with Gasteiger partial charge in [-0.25, -0.2) is 8.42 Å². The van der Waals surface area contributed by atoms with Crippen LogP contribution in [0.2, 0.25) is 0 Å². The highest BCUT2D eigenvalue weighted by Crippen LogP contribution is 2.25. The molecule has 0 bridgehead atoms. The molecule has 0 aromatic heterocycles. The van der Waals surface area contributed by atoms with Gasteiger partial charge in [0.15, 0.2) is 0 Å². The van der Waals surface area contributed by atoms with Crippen LogP contribution in [-0.4, -0.2) is 38.3 Å². The third-order valence-corrected chi connectivity index (χ3v) is 7.43. The van der Waals surface area contributed by atoms with E-state index in [1.165, 1.54) is 5.56 Å². The number of sulfonamides is 1. The normalized spacial score (nSPS) is 15.9. The Hall–Kier alpha value is -2.18. The number of nitrogens with one attached hydrogen (secondary N) is 1. The van der Waals surface area contributed by atoms with Crippen LogP contribution in [0, 0.1) is 12.8 Å². The molecule has 0 unspecified atom stereocenters. The van der Waals surface area contributed by atoms with Gasteiger partial charge in [-0.3, -0.25) is 4.79 Å². The van der Waals surface area contributed by atoms with Crippen LogP contribution in [0.1, 0.15) is 36.8 Å². The van der Waals surface area contributed by atoms with Gasteiger partial charge in [0.25, 0.3) is 0 Å². The molecular formula is C23H30N2O3S. The molecule has 1 aliphatic rings. The minimum atomic E-state index is -3.44. The van der Waals surface area contributed by atoms with Gasteiger partial charge in [-0.1, -0.05) is 48.0 Å². The fourth-order valence-electron chi connectivity index (χ4n) is 3.71. The number of piperidine rings is 1. The number of hydrogen-bond acceptors (Lipinski definition) is 3. The van der Waals surface area contributed by atoms with Crippen LogP contribution in [0.3, 0.4) is 0 Å². The summed E-state index contributed by atoms with van der Waals surface area (Å²) in [5.41, 5.74) is 2.32. The van der Waals surface area contributed by atoms with E-state index in [-0.39, 0.29) is 11.8 Å². The van der Waals surface area contributed by atoms with Crippen molar-refractivity contribution in [2.45, 2.75) is 43.9 Å². The first kappa shape index (κ1) is 21.5. The number of nitrogens with zero attached hydrogens (tertiary/aromatic N) is 1. The minimum Gasteiger partial charge on any atom is -0.356 e. The van der Waals surface area contributed by atoms with Crippen molar-refractivity contribution >= 4 is 15.9 Å². The number of carbonyl (C=O) groups is 1. The lowest BCUT2D eigenvalue weighted by molar-refractivity contribution is -0.122. The average molecular weight is 415 g/mol. The molecule has 6 heteroatoms. The summed E-state index contributed by atoms with van der Waals surface area (Å²) >= 11 is 0. The van der Waals surface area contributed by atoms with E-state index in [1.807, 2.05) is 37.3 Å². The third-order valence-electron chi connectivity index (χ3n) is 5.51. The van der Waals surface area contributed by atoms with Crippen molar-refractivity contribution in [3.8, 4) is 0 Å². The van der Waals surface area contributed by atoms with E-state index in [0.717, 1.165) is 31.2 Å². The summed E-state index contributed by atoms with van der Waals surface area (Å²) in [6, 6.07) is 17.2. The van der Waals surface area contributed by atoms with Gasteiger partial charge in [-0.05, 0) is 56.2 Å². The van der Waals surface area contributed by atoms with Crippen LogP contribution < -0.4 is 5.32 Å². The Morgan fingerprint density at radius 2 is 1.69 bits per heavy atom. The number of hydrogen-bond donors (Lipinski definition) is 1. The number of carbonyl (C=O) groups excluding carboxylic acids is 1. The van der Waals surface area contributed by atoms with Gasteiger partial charge in [0, 0.05) is 26.1 Å². The maximum absolute atomic E-state index is 12.8. The standard InChI is InChI=1S/C23H30N2O3S/c1-19-9-11-22(12-10-19)29(27,28)25-16-13-21(14-17-25)18-23(26)24-15-5-8-20-6-3-2-4-7-20/h2-4,6-7,9-12,21H,5,8,13-18H2,1H3,(H,24,26). The number of rotatable bonds is 8. The predicted molar refractivity (Wildman–Crippen MR) is 115 cm³/mol. The Morgan fingerprint density at radius 3 is 2.34 bits per heavy atom. The Morgan fingerprint density at radius 1 is 1.03 bits per heavy atom. The lowest BCUT2D eigenvalue weighted by Crippen LogP contribution is -2.39. The van der Waals surface area contributed by atoms with Crippen LogP contribution in [0.15, 0.2) is 59.5 Å². The highest BCUT2D eigenvalue weighted by molar-refractivity contribution is 7.89. The molecule has 0 saturated carbocycles. The molecule has 1 amide bonds. The second-order valence-electron chi connectivity index (χ2n) is 7.80. The van der Waals surface area contributed by atoms with Crippen LogP contribution in [0.4, 0.5) is 0 Å². The summed E-state index contributed by atoms with van der Waals surface area (Å²) in [5, 5.41) is 3.00. The molecule has 1 saturated heterocycles. The molecule has 156 valence electrons. The smallest absolute Gasteiger partial charge is 0.243 e. The summed E-state index contributed by atoms with van der Waals surface area (Å²) in [5.74, 6) is 0.312. The molecule has 2 aromatic carbocycles. The van der Waals surface area contributed by atoms with Gasteiger partial charge in [-0.2, -0.15) is 4.31 Å². The van der Waals surface area contributed by atoms with E-state index < -0.39 is 10.0 Å². The molecule has 0 atom stereocenters. The Kier molecular flexibility index (Phi) is 7.45. The lowest BCUT2D eigenvalue weighted by Gasteiger charge is -2.31. The highest BCUT2D eigenvalue weighted by atomic mass is 32.2. The Bertz CT molecular complexity index is 887. The maximum Gasteiger partial charge on any atom is 0.243 e. The average Bonchev–Trinajstić information content (AvgIpc) is 2.73. The van der Waals surface area contributed by atoms with E-state index in [9.17, 15) is 13.2 Å². The Balaban J connectivity index is 1.39. The second-order valence-corrected chi connectivity index (χ2v) is 9.74. The highest BCUT2D eigenvalue weighted by Gasteiger charge is 2.30. The predicted octanol–water partition coefficient (Wildman–Crippen LogP) is 3.53. The van der Waals surface area contributed by atoms with Crippen LogP contribution >= 0.6 is 0 Å². The van der Waals surface area contributed by atoms with E-state index in [1.54, 1.807) is 16.4 Å². The summed E-state index contributed by atoms with van der Waals surface area (Å²) in [6.07, 6.45) is 3.80. The molecule has 29 heavy (non-hydrogen) atoms. The number of amides is 1. The minimum absolute atomic E-state index is 0.0675. The topological polar surface area (TPSA) is 66.5 Å². The Labute approximate surface area is 174 Å². The number of aryl methyl sites for hydroxylation is 2. The van der Waals surface area contributed by atoms with Crippen molar-refractivity contribution in [3.05, 3.63) is 65.7 Å². The van der Waals surface area contributed by atoms with Gasteiger partial charge < -0.3 is 5.32 Å². The fraction of sp³-hybridized carbons (Fsp3) is 0.435. The van der Waals surface area contributed by atoms with Crippen LogP contribution in [0.25, 0.3) is 0 Å². The van der Waals surface area contributed by atoms with E-state index >= 15 is 0 Å². The van der Waals surface area contributed by atoms with Gasteiger partial charge in [-0.15, -0.1) is 0 Å². The monoisotopic (exact) mass is 414 g/mol. The summed E-state index contributed by atoms with van der Waals surface area (Å²) in [6.45, 7) is 3.56. The zero-order chi connectivity index (χ0) is 20.7. The number of benzene rings is 2. The van der Waals surface area contributed by atoms with E-state index in [0.29, 0.717) is 31.0 Å². The molecule has 5 nitrogen and oxygen atoms in total. The summed E-state index contributed by atoms with van der Waals surface area (Å²) in [7, 11) is -3.44. The van der Waals surface area contributed by atoms with Crippen molar-refractivity contribution in [2.24, 2.45) is 5.92 Å². The largest absolute Gasteiger partial charge is 0.356 e. The van der Waals surface area contributed by atoms with Crippen molar-refractivity contribution in [1.82, 2.24) is 9.62 Å². The van der Waals surface area contributed by atoms with Crippen molar-refractivity contribution in [2.75, 3.05) is 19.6 Å². The van der Waals surface area contributed by atoms with Crippen molar-refractivity contribution < 1.29 is 13.2 Å². The van der Waals surface area contributed by atoms with E-state index in [4.69, 9.17) is 0 Å². The van der Waals surface area contributed by atoms with Gasteiger partial charge in [0.2, 0.25) is 15.9 Å². The molecule has 3 rings (SSSR count). The molecule has 0 radical (unpaired) electrons. The molecule has 1 heterocycles. The third kappa shape index (κ3) is 6.15. The van der Waals surface area contributed by atoms with Gasteiger partial charge >= 0.3 is 0 Å². The zero-order valence-corrected chi connectivity index (χ0v) is 17.8. The van der Waals surface area contributed by atoms with Crippen LogP contribution in [0.5, 0.6) is 0 Å². The second kappa shape index (κ2) is 10.0. The first-order valence-corrected chi connectivity index (χ1v) is 11.8. The fourth-order valence-corrected chi connectivity index (χ4v) is 5.18. The molecular weight excluding hydrogens is 384 g/mol. The first-order valence-electron chi connectivity index (χ1n) is 10.3. The quantitative estimate of drug-likeness (QED) is 0.672. The van der Waals surface area contributed by atoms with Gasteiger partial charge in [0.1, 0.15) is 0 Å². The SMILES string of the molecule is Cc1ccc(S(=O)(=O)N2CCC(CC(=O)NCCCc3ccccc3)CC2)cc1. The molecule has 1 N–H and O–H groups in total. The van der Waals surface area contributed by atoms with Crippen molar-refractivity contribution in [3.63, 3.8) is 0 Å². The van der Waals surface area contributed by atoms with E-state index in [2.05, 4.69) is 17.4 Å². The lowest BCUT2D eigenvalue weighted by atomic mass is 9.94. The molecule has 0 aliphatic carbocycles. The van der Waals surface area contributed by atoms with Crippen LogP contribution in [-0.2, 0) is 21.2 Å². The van der Waals surface area contributed by atoms with Gasteiger partial charge in [0.05, 0.1) is 4.90 Å². The summed E-state index contributed by atoms with van der Waals surface area (Å²) < 4.78 is 27.1. The molecule has 1 aliphatic heterocycles. The molecule has 1 fully saturated rings. The molecule has 0 spiro atoms. The molecule has 2 aromatic rings. The van der Waals surface area contributed by atoms with Crippen molar-refractivity contribution in [1.29, 1.82) is 0 Å².